The van der Waals surface area contributed by atoms with E-state index in [9.17, 15) is 14.7 Å². The maximum Gasteiger partial charge on any atom is 0.251 e. The lowest BCUT2D eigenvalue weighted by Gasteiger charge is -2.24. The van der Waals surface area contributed by atoms with Gasteiger partial charge >= 0.3 is 0 Å². The van der Waals surface area contributed by atoms with Crippen LogP contribution in [0, 0.1) is 5.92 Å². The van der Waals surface area contributed by atoms with Crippen molar-refractivity contribution in [3.8, 4) is 11.5 Å². The number of carbonyl (C=O) groups excluding carboxylic acids is 2. The first-order valence-corrected chi connectivity index (χ1v) is 9.45. The monoisotopic (exact) mass is 431 g/mol. The van der Waals surface area contributed by atoms with E-state index in [0.717, 1.165) is 5.56 Å². The van der Waals surface area contributed by atoms with Gasteiger partial charge in [-0.25, -0.2) is 0 Å². The quantitative estimate of drug-likeness (QED) is 0.419. The highest BCUT2D eigenvalue weighted by atomic mass is 35.5. The van der Waals surface area contributed by atoms with Gasteiger partial charge in [0.05, 0.1) is 26.3 Å². The zero-order valence-corrected chi connectivity index (χ0v) is 18.5. The number of aliphatic hydroxyl groups is 1. The Bertz CT molecular complexity index is 635. The molecule has 0 aromatic heterocycles. The van der Waals surface area contributed by atoms with Crippen LogP contribution in [0.4, 0.5) is 0 Å². The number of benzene rings is 1. The second-order valence-corrected chi connectivity index (χ2v) is 7.14. The summed E-state index contributed by atoms with van der Waals surface area (Å²) in [6.45, 7) is 5.91. The number of methoxy groups -OCH3 is 2. The average Bonchev–Trinajstić information content (AvgIpc) is 2.68. The lowest BCUT2D eigenvalue weighted by Crippen LogP contribution is -2.53. The summed E-state index contributed by atoms with van der Waals surface area (Å²) in [5.41, 5.74) is 6.63. The SMILES string of the molecule is CCC(NC(=O)[C@@H](N)CC(C)C)C(O)C(=O)NCc1cc(OC)cc(OC)c1.Cl. The molecule has 9 heteroatoms. The van der Waals surface area contributed by atoms with Crippen LogP contribution in [0.5, 0.6) is 11.5 Å². The van der Waals surface area contributed by atoms with Crippen molar-refractivity contribution >= 4 is 24.2 Å². The van der Waals surface area contributed by atoms with Crippen molar-refractivity contribution in [1.82, 2.24) is 10.6 Å². The van der Waals surface area contributed by atoms with Crippen molar-refractivity contribution in [1.29, 1.82) is 0 Å². The molecule has 2 unspecified atom stereocenters. The number of ether oxygens (including phenoxy) is 2. The van der Waals surface area contributed by atoms with Crippen LogP contribution >= 0.6 is 12.4 Å². The third-order valence-corrected chi connectivity index (χ3v) is 4.36. The molecule has 1 rings (SSSR count). The number of halogens is 1. The first kappa shape index (κ1) is 27.0. The van der Waals surface area contributed by atoms with Gasteiger partial charge in [0.25, 0.3) is 5.91 Å². The molecule has 5 N–H and O–H groups in total. The molecule has 0 fully saturated rings. The summed E-state index contributed by atoms with van der Waals surface area (Å²) in [6.07, 6.45) is -0.461. The van der Waals surface area contributed by atoms with Gasteiger partial charge in [-0.3, -0.25) is 9.59 Å². The highest BCUT2D eigenvalue weighted by molar-refractivity contribution is 5.85. The van der Waals surface area contributed by atoms with Crippen LogP contribution in [0.15, 0.2) is 18.2 Å². The number of nitrogens with two attached hydrogens (primary N) is 1. The molecule has 0 spiro atoms. The lowest BCUT2D eigenvalue weighted by molar-refractivity contribution is -0.132. The average molecular weight is 432 g/mol. The zero-order chi connectivity index (χ0) is 21.3. The Hall–Kier alpha value is -2.03. The van der Waals surface area contributed by atoms with Gasteiger partial charge in [-0.1, -0.05) is 20.8 Å². The normalized spacial score (nSPS) is 13.7. The number of carbonyl (C=O) groups is 2. The van der Waals surface area contributed by atoms with Crippen LogP contribution in [-0.4, -0.2) is 49.3 Å². The summed E-state index contributed by atoms with van der Waals surface area (Å²) < 4.78 is 10.4. The van der Waals surface area contributed by atoms with Crippen molar-refractivity contribution in [2.75, 3.05) is 14.2 Å². The van der Waals surface area contributed by atoms with E-state index in [1.807, 2.05) is 13.8 Å². The van der Waals surface area contributed by atoms with Gasteiger partial charge in [-0.2, -0.15) is 0 Å². The van der Waals surface area contributed by atoms with Gasteiger partial charge < -0.3 is 30.9 Å². The van der Waals surface area contributed by atoms with Crippen molar-refractivity contribution in [3.05, 3.63) is 23.8 Å². The molecular formula is C20H34ClN3O5. The van der Waals surface area contributed by atoms with E-state index in [1.165, 1.54) is 0 Å². The van der Waals surface area contributed by atoms with E-state index in [4.69, 9.17) is 15.2 Å². The Morgan fingerprint density at radius 3 is 2.10 bits per heavy atom. The maximum atomic E-state index is 12.3. The molecule has 166 valence electrons. The molecule has 0 aliphatic rings. The second-order valence-electron chi connectivity index (χ2n) is 7.14. The van der Waals surface area contributed by atoms with Crippen molar-refractivity contribution in [2.24, 2.45) is 11.7 Å². The Kier molecular flexibility index (Phi) is 12.3. The molecule has 1 aromatic carbocycles. The Labute approximate surface area is 178 Å². The standard InChI is InChI=1S/C20H33N3O5.ClH/c1-6-17(23-19(25)16(21)7-12(2)3)18(24)20(26)22-11-13-8-14(27-4)10-15(9-13)28-5;/h8-10,12,16-18,24H,6-7,11,21H2,1-5H3,(H,22,26)(H,23,25);1H/t16-,17?,18?;/m0./s1. The third-order valence-electron chi connectivity index (χ3n) is 4.36. The van der Waals surface area contributed by atoms with Gasteiger partial charge in [0.2, 0.25) is 5.91 Å². The molecule has 1 aromatic rings. The Morgan fingerprint density at radius 2 is 1.66 bits per heavy atom. The summed E-state index contributed by atoms with van der Waals surface area (Å²) >= 11 is 0. The second kappa shape index (κ2) is 13.2. The predicted octanol–water partition coefficient (Wildman–Crippen LogP) is 1.37. The zero-order valence-electron chi connectivity index (χ0n) is 17.7. The number of nitrogens with one attached hydrogen (secondary N) is 2. The summed E-state index contributed by atoms with van der Waals surface area (Å²) in [5.74, 6) is 0.522. The minimum Gasteiger partial charge on any atom is -0.497 e. The molecule has 0 bridgehead atoms. The number of rotatable bonds is 11. The first-order chi connectivity index (χ1) is 13.2. The van der Waals surface area contributed by atoms with Crippen molar-refractivity contribution in [3.63, 3.8) is 0 Å². The highest BCUT2D eigenvalue weighted by Crippen LogP contribution is 2.22. The van der Waals surface area contributed by atoms with E-state index in [1.54, 1.807) is 39.3 Å². The Balaban J connectivity index is 0.00000784. The summed E-state index contributed by atoms with van der Waals surface area (Å²) in [6, 6.07) is 3.86. The van der Waals surface area contributed by atoms with E-state index in [-0.39, 0.29) is 30.8 Å². The van der Waals surface area contributed by atoms with Crippen molar-refractivity contribution < 1.29 is 24.2 Å². The Morgan fingerprint density at radius 1 is 1.10 bits per heavy atom. The van der Waals surface area contributed by atoms with Gasteiger partial charge in [0, 0.05) is 12.6 Å². The van der Waals surface area contributed by atoms with Gasteiger partial charge in [0.15, 0.2) is 6.10 Å². The number of amides is 2. The first-order valence-electron chi connectivity index (χ1n) is 9.45. The molecule has 3 atom stereocenters. The molecule has 2 amide bonds. The molecule has 0 aliphatic carbocycles. The number of hydrogen-bond acceptors (Lipinski definition) is 6. The van der Waals surface area contributed by atoms with Crippen LogP contribution in [0.2, 0.25) is 0 Å². The van der Waals surface area contributed by atoms with Crippen LogP contribution < -0.4 is 25.8 Å². The molecule has 0 aliphatic heterocycles. The molecule has 29 heavy (non-hydrogen) atoms. The van der Waals surface area contributed by atoms with Gasteiger partial charge in [-0.15, -0.1) is 12.4 Å². The molecule has 0 saturated carbocycles. The van der Waals surface area contributed by atoms with Crippen LogP contribution in [0.25, 0.3) is 0 Å². The molecule has 0 radical (unpaired) electrons. The largest absolute Gasteiger partial charge is 0.497 e. The topological polar surface area (TPSA) is 123 Å². The smallest absolute Gasteiger partial charge is 0.251 e. The molecule has 0 saturated heterocycles. The number of aliphatic hydroxyl groups excluding tert-OH is 1. The molecule has 8 nitrogen and oxygen atoms in total. The van der Waals surface area contributed by atoms with Crippen LogP contribution in [0.3, 0.4) is 0 Å². The van der Waals surface area contributed by atoms with Crippen LogP contribution in [-0.2, 0) is 16.1 Å². The van der Waals surface area contributed by atoms with E-state index < -0.39 is 24.1 Å². The minimum absolute atomic E-state index is 0. The third kappa shape index (κ3) is 8.89. The predicted molar refractivity (Wildman–Crippen MR) is 114 cm³/mol. The fourth-order valence-electron chi connectivity index (χ4n) is 2.75. The number of hydrogen-bond donors (Lipinski definition) is 4. The fourth-order valence-corrected chi connectivity index (χ4v) is 2.75. The van der Waals surface area contributed by atoms with Crippen molar-refractivity contribution in [2.45, 2.75) is 58.3 Å². The molecule has 0 heterocycles. The lowest BCUT2D eigenvalue weighted by atomic mass is 10.0. The van der Waals surface area contributed by atoms with Crippen LogP contribution in [0.1, 0.15) is 39.2 Å². The summed E-state index contributed by atoms with van der Waals surface area (Å²) in [5, 5.41) is 15.7. The fraction of sp³-hybridized carbons (Fsp3) is 0.600. The van der Waals surface area contributed by atoms with Gasteiger partial charge in [0.1, 0.15) is 11.5 Å². The summed E-state index contributed by atoms with van der Waals surface area (Å²) in [7, 11) is 3.08. The van der Waals surface area contributed by atoms with E-state index >= 15 is 0 Å². The molecular weight excluding hydrogens is 398 g/mol. The maximum absolute atomic E-state index is 12.3. The summed E-state index contributed by atoms with van der Waals surface area (Å²) in [4.78, 5) is 24.5. The van der Waals surface area contributed by atoms with Gasteiger partial charge in [-0.05, 0) is 36.5 Å². The highest BCUT2D eigenvalue weighted by Gasteiger charge is 2.28. The minimum atomic E-state index is -1.38. The van der Waals surface area contributed by atoms with E-state index in [2.05, 4.69) is 10.6 Å². The van der Waals surface area contributed by atoms with E-state index in [0.29, 0.717) is 24.3 Å².